The highest BCUT2D eigenvalue weighted by molar-refractivity contribution is 7.09. The summed E-state index contributed by atoms with van der Waals surface area (Å²) in [5.74, 6) is -0.0280. The van der Waals surface area contributed by atoms with Crippen molar-refractivity contribution in [3.63, 3.8) is 0 Å². The fraction of sp³-hybridized carbons (Fsp3) is 0.133. The van der Waals surface area contributed by atoms with E-state index in [4.69, 9.17) is 10.2 Å². The van der Waals surface area contributed by atoms with E-state index in [2.05, 4.69) is 9.97 Å². The third-order valence-corrected chi connectivity index (χ3v) is 4.02. The smallest absolute Gasteiger partial charge is 0.249 e. The Bertz CT molecular complexity index is 806. The number of nitrogens with zero attached hydrogens (tertiary/aromatic N) is 2. The third kappa shape index (κ3) is 2.45. The van der Waals surface area contributed by atoms with E-state index in [9.17, 15) is 4.79 Å². The lowest BCUT2D eigenvalue weighted by molar-refractivity contribution is 0.1000. The topological polar surface area (TPSA) is 82.0 Å². The molecule has 106 valence electrons. The molecule has 3 aromatic rings. The maximum absolute atomic E-state index is 11.7. The van der Waals surface area contributed by atoms with Crippen LogP contribution >= 0.6 is 11.3 Å². The van der Waals surface area contributed by atoms with Crippen molar-refractivity contribution in [1.29, 1.82) is 0 Å². The molecule has 2 heterocycles. The number of primary amides is 1. The van der Waals surface area contributed by atoms with Gasteiger partial charge in [-0.2, -0.15) is 0 Å². The van der Waals surface area contributed by atoms with E-state index < -0.39 is 5.91 Å². The summed E-state index contributed by atoms with van der Waals surface area (Å²) in [5.41, 5.74) is 9.14. The van der Waals surface area contributed by atoms with Crippen LogP contribution in [0.5, 0.6) is 0 Å². The predicted molar refractivity (Wildman–Crippen MR) is 81.0 cm³/mol. The summed E-state index contributed by atoms with van der Waals surface area (Å²) < 4.78 is 5.31. The Morgan fingerprint density at radius 2 is 2.14 bits per heavy atom. The summed E-state index contributed by atoms with van der Waals surface area (Å²) in [7, 11) is 0. The number of benzene rings is 1. The van der Waals surface area contributed by atoms with Crippen molar-refractivity contribution in [2.75, 3.05) is 0 Å². The molecule has 0 aliphatic rings. The number of nitrogens with two attached hydrogens (primary N) is 1. The Balaban J connectivity index is 2.25. The first kappa shape index (κ1) is 13.5. The van der Waals surface area contributed by atoms with Crippen LogP contribution in [-0.4, -0.2) is 15.9 Å². The number of aryl methyl sites for hydroxylation is 1. The van der Waals surface area contributed by atoms with Crippen LogP contribution in [0.1, 0.15) is 20.9 Å². The molecule has 5 nitrogen and oxygen atoms in total. The SMILES string of the molecule is Cc1nc(-c2cc(-c3ncco3)cc(C(N)=O)c2C)cs1. The molecule has 0 radical (unpaired) electrons. The summed E-state index contributed by atoms with van der Waals surface area (Å²) >= 11 is 1.56. The van der Waals surface area contributed by atoms with Gasteiger partial charge >= 0.3 is 0 Å². The summed E-state index contributed by atoms with van der Waals surface area (Å²) in [5, 5.41) is 2.92. The minimum Gasteiger partial charge on any atom is -0.445 e. The maximum Gasteiger partial charge on any atom is 0.249 e. The maximum atomic E-state index is 11.7. The zero-order chi connectivity index (χ0) is 15.0. The molecule has 6 heteroatoms. The monoisotopic (exact) mass is 299 g/mol. The van der Waals surface area contributed by atoms with E-state index in [0.717, 1.165) is 21.8 Å². The molecule has 0 saturated heterocycles. The summed E-state index contributed by atoms with van der Waals surface area (Å²) in [6, 6.07) is 3.62. The molecule has 21 heavy (non-hydrogen) atoms. The summed E-state index contributed by atoms with van der Waals surface area (Å²) in [6.45, 7) is 3.81. The molecule has 2 N–H and O–H groups in total. The number of thiazole rings is 1. The molecule has 0 saturated carbocycles. The fourth-order valence-electron chi connectivity index (χ4n) is 2.21. The van der Waals surface area contributed by atoms with Crippen molar-refractivity contribution in [2.24, 2.45) is 5.73 Å². The molecule has 1 amide bonds. The van der Waals surface area contributed by atoms with E-state index in [1.54, 1.807) is 23.6 Å². The van der Waals surface area contributed by atoms with Crippen LogP contribution in [0.15, 0.2) is 34.4 Å². The second kappa shape index (κ2) is 5.14. The molecule has 0 aliphatic carbocycles. The quantitative estimate of drug-likeness (QED) is 0.805. The second-order valence-electron chi connectivity index (χ2n) is 4.65. The highest BCUT2D eigenvalue weighted by atomic mass is 32.1. The van der Waals surface area contributed by atoms with Crippen LogP contribution in [0.2, 0.25) is 0 Å². The predicted octanol–water partition coefficient (Wildman–Crippen LogP) is 3.18. The Morgan fingerprint density at radius 1 is 1.33 bits per heavy atom. The lowest BCUT2D eigenvalue weighted by Crippen LogP contribution is -2.13. The van der Waals surface area contributed by atoms with Gasteiger partial charge in [0.15, 0.2) is 0 Å². The van der Waals surface area contributed by atoms with Gasteiger partial charge in [0.25, 0.3) is 0 Å². The minimum absolute atomic E-state index is 0.450. The standard InChI is InChI=1S/C15H13N3O2S/c1-8-11(13-7-21-9(2)18-13)5-10(6-12(8)14(16)19)15-17-3-4-20-15/h3-7H,1-2H3,(H2,16,19). The fourth-order valence-corrected chi connectivity index (χ4v) is 2.83. The van der Waals surface area contributed by atoms with Crippen LogP contribution in [0, 0.1) is 13.8 Å². The van der Waals surface area contributed by atoms with E-state index >= 15 is 0 Å². The highest BCUT2D eigenvalue weighted by Gasteiger charge is 2.16. The first-order chi connectivity index (χ1) is 10.1. The molecule has 2 aromatic heterocycles. The van der Waals surface area contributed by atoms with Gasteiger partial charge in [0.05, 0.1) is 16.9 Å². The Morgan fingerprint density at radius 3 is 2.71 bits per heavy atom. The van der Waals surface area contributed by atoms with Crippen molar-refractivity contribution in [1.82, 2.24) is 9.97 Å². The van der Waals surface area contributed by atoms with Crippen molar-refractivity contribution >= 4 is 17.2 Å². The first-order valence-corrected chi connectivity index (χ1v) is 7.21. The molecule has 0 bridgehead atoms. The Hall–Kier alpha value is -2.47. The molecule has 0 atom stereocenters. The molecule has 1 aromatic carbocycles. The lowest BCUT2D eigenvalue weighted by Gasteiger charge is -2.10. The van der Waals surface area contributed by atoms with Gasteiger partial charge in [-0.15, -0.1) is 11.3 Å². The van der Waals surface area contributed by atoms with Gasteiger partial charge in [-0.25, -0.2) is 9.97 Å². The number of carbonyl (C=O) groups is 1. The average molecular weight is 299 g/mol. The van der Waals surface area contributed by atoms with Crippen molar-refractivity contribution in [3.05, 3.63) is 46.1 Å². The third-order valence-electron chi connectivity index (χ3n) is 3.25. The number of amides is 1. The van der Waals surface area contributed by atoms with E-state index in [-0.39, 0.29) is 0 Å². The van der Waals surface area contributed by atoms with Crippen molar-refractivity contribution in [3.8, 4) is 22.7 Å². The van der Waals surface area contributed by atoms with Crippen LogP contribution in [0.3, 0.4) is 0 Å². The zero-order valence-electron chi connectivity index (χ0n) is 11.6. The number of aromatic nitrogens is 2. The van der Waals surface area contributed by atoms with Gasteiger partial charge in [-0.3, -0.25) is 4.79 Å². The molecule has 0 aliphatic heterocycles. The number of rotatable bonds is 3. The van der Waals surface area contributed by atoms with Crippen LogP contribution in [0.4, 0.5) is 0 Å². The Labute approximate surface area is 125 Å². The molecular weight excluding hydrogens is 286 g/mol. The summed E-state index contributed by atoms with van der Waals surface area (Å²) in [4.78, 5) is 20.3. The van der Waals surface area contributed by atoms with Gasteiger partial charge < -0.3 is 10.2 Å². The van der Waals surface area contributed by atoms with Gasteiger partial charge in [-0.05, 0) is 31.5 Å². The zero-order valence-corrected chi connectivity index (χ0v) is 12.4. The van der Waals surface area contributed by atoms with Gasteiger partial charge in [-0.1, -0.05) is 0 Å². The lowest BCUT2D eigenvalue weighted by atomic mass is 9.96. The van der Waals surface area contributed by atoms with Gasteiger partial charge in [0.1, 0.15) is 6.26 Å². The number of oxazole rings is 1. The molecule has 0 spiro atoms. The minimum atomic E-state index is -0.478. The molecule has 0 fully saturated rings. The van der Waals surface area contributed by atoms with E-state index in [1.807, 2.05) is 25.3 Å². The van der Waals surface area contributed by atoms with Crippen molar-refractivity contribution in [2.45, 2.75) is 13.8 Å². The van der Waals surface area contributed by atoms with Crippen LogP contribution in [0.25, 0.3) is 22.7 Å². The summed E-state index contributed by atoms with van der Waals surface area (Å²) in [6.07, 6.45) is 3.05. The van der Waals surface area contributed by atoms with Gasteiger partial charge in [0.2, 0.25) is 11.8 Å². The normalized spacial score (nSPS) is 10.8. The van der Waals surface area contributed by atoms with Crippen LogP contribution < -0.4 is 5.73 Å². The number of hydrogen-bond acceptors (Lipinski definition) is 5. The Kier molecular flexibility index (Phi) is 3.31. The average Bonchev–Trinajstić information content (AvgIpc) is 3.10. The molecule has 3 rings (SSSR count). The van der Waals surface area contributed by atoms with Gasteiger partial charge in [0, 0.05) is 22.1 Å². The molecule has 0 unspecified atom stereocenters. The first-order valence-electron chi connectivity index (χ1n) is 6.33. The molecular formula is C15H13N3O2S. The van der Waals surface area contributed by atoms with E-state index in [0.29, 0.717) is 17.0 Å². The van der Waals surface area contributed by atoms with Crippen molar-refractivity contribution < 1.29 is 9.21 Å². The second-order valence-corrected chi connectivity index (χ2v) is 5.71. The largest absolute Gasteiger partial charge is 0.445 e. The van der Waals surface area contributed by atoms with Crippen LogP contribution in [-0.2, 0) is 0 Å². The highest BCUT2D eigenvalue weighted by Crippen LogP contribution is 2.31. The number of hydrogen-bond donors (Lipinski definition) is 1. The number of carbonyl (C=O) groups excluding carboxylic acids is 1. The van der Waals surface area contributed by atoms with E-state index in [1.165, 1.54) is 6.26 Å².